The van der Waals surface area contributed by atoms with Crippen molar-refractivity contribution >= 4 is 11.8 Å². The second kappa shape index (κ2) is 6.55. The fraction of sp³-hybridized carbons (Fsp3) is 0.579. The third-order valence-electron chi connectivity index (χ3n) is 5.42. The van der Waals surface area contributed by atoms with Crippen molar-refractivity contribution in [2.75, 3.05) is 19.8 Å². The molecule has 2 aliphatic heterocycles. The van der Waals surface area contributed by atoms with Crippen LogP contribution in [0.15, 0.2) is 30.3 Å². The van der Waals surface area contributed by atoms with Gasteiger partial charge in [0, 0.05) is 31.5 Å². The fourth-order valence-electron chi connectivity index (χ4n) is 4.00. The van der Waals surface area contributed by atoms with Crippen LogP contribution in [0.5, 0.6) is 0 Å². The van der Waals surface area contributed by atoms with Crippen molar-refractivity contribution in [2.24, 2.45) is 5.92 Å². The Morgan fingerprint density at radius 2 is 2.08 bits per heavy atom. The van der Waals surface area contributed by atoms with Gasteiger partial charge in [0.25, 0.3) is 0 Å². The number of likely N-dealkylation sites (tertiary alicyclic amines) is 1. The number of benzene rings is 1. The minimum atomic E-state index is -0.0547. The Balaban J connectivity index is 1.32. The number of hydrogen-bond donors (Lipinski definition) is 1. The van der Waals surface area contributed by atoms with Gasteiger partial charge in [0.2, 0.25) is 11.8 Å². The predicted octanol–water partition coefficient (Wildman–Crippen LogP) is 1.69. The van der Waals surface area contributed by atoms with Crippen molar-refractivity contribution in [1.29, 1.82) is 0 Å². The van der Waals surface area contributed by atoms with E-state index in [0.29, 0.717) is 31.5 Å². The van der Waals surface area contributed by atoms with Gasteiger partial charge in [0.15, 0.2) is 0 Å². The smallest absolute Gasteiger partial charge is 0.225 e. The lowest BCUT2D eigenvalue weighted by Gasteiger charge is -2.23. The van der Waals surface area contributed by atoms with Crippen LogP contribution in [0.4, 0.5) is 0 Å². The van der Waals surface area contributed by atoms with Gasteiger partial charge in [-0.2, -0.15) is 0 Å². The van der Waals surface area contributed by atoms with Crippen LogP contribution < -0.4 is 5.32 Å². The van der Waals surface area contributed by atoms with Crippen LogP contribution in [0.2, 0.25) is 0 Å². The number of amides is 2. The molecule has 1 aliphatic carbocycles. The van der Waals surface area contributed by atoms with Crippen molar-refractivity contribution in [2.45, 2.75) is 43.7 Å². The maximum atomic E-state index is 12.4. The summed E-state index contributed by atoms with van der Waals surface area (Å²) in [5.41, 5.74) is 1.31. The minimum Gasteiger partial charge on any atom is -0.381 e. The molecule has 3 aliphatic rings. The lowest BCUT2D eigenvalue weighted by molar-refractivity contribution is -0.129. The summed E-state index contributed by atoms with van der Waals surface area (Å²) in [6.07, 6.45) is 3.29. The van der Waals surface area contributed by atoms with Gasteiger partial charge in [-0.05, 0) is 24.8 Å². The summed E-state index contributed by atoms with van der Waals surface area (Å²) in [7, 11) is 0. The molecule has 24 heavy (non-hydrogen) atoms. The highest BCUT2D eigenvalue weighted by atomic mass is 16.5. The van der Waals surface area contributed by atoms with Gasteiger partial charge in [-0.15, -0.1) is 0 Å². The predicted molar refractivity (Wildman–Crippen MR) is 89.4 cm³/mol. The average molecular weight is 328 g/mol. The summed E-state index contributed by atoms with van der Waals surface area (Å²) in [5.74, 6) is 0.616. The SMILES string of the molecule is O=C(N[C@@H]1CC(=O)N([C@@H]2C[C@H]2c2ccccc2)C1)[C@H]1CCCOC1. The van der Waals surface area contributed by atoms with Crippen molar-refractivity contribution in [3.05, 3.63) is 35.9 Å². The van der Waals surface area contributed by atoms with Gasteiger partial charge in [-0.3, -0.25) is 9.59 Å². The molecule has 5 nitrogen and oxygen atoms in total. The normalized spacial score (nSPS) is 32.7. The van der Waals surface area contributed by atoms with Crippen LogP contribution in [-0.2, 0) is 14.3 Å². The van der Waals surface area contributed by atoms with Gasteiger partial charge in [-0.25, -0.2) is 0 Å². The number of nitrogens with one attached hydrogen (secondary N) is 1. The summed E-state index contributed by atoms with van der Waals surface area (Å²) in [4.78, 5) is 26.6. The van der Waals surface area contributed by atoms with E-state index in [1.54, 1.807) is 0 Å². The highest BCUT2D eigenvalue weighted by Gasteiger charge is 2.48. The molecule has 2 saturated heterocycles. The zero-order valence-corrected chi connectivity index (χ0v) is 13.8. The van der Waals surface area contributed by atoms with Crippen molar-refractivity contribution < 1.29 is 14.3 Å². The lowest BCUT2D eigenvalue weighted by atomic mass is 10.0. The molecule has 5 heteroatoms. The van der Waals surface area contributed by atoms with Gasteiger partial charge in [0.05, 0.1) is 18.6 Å². The van der Waals surface area contributed by atoms with Gasteiger partial charge >= 0.3 is 0 Å². The van der Waals surface area contributed by atoms with E-state index in [9.17, 15) is 9.59 Å². The third kappa shape index (κ3) is 3.18. The Bertz CT molecular complexity index is 612. The van der Waals surface area contributed by atoms with Crippen LogP contribution in [0.1, 0.15) is 37.2 Å². The van der Waals surface area contributed by atoms with E-state index in [1.807, 2.05) is 23.1 Å². The largest absolute Gasteiger partial charge is 0.381 e. The molecule has 1 aromatic rings. The average Bonchev–Trinajstić information content (AvgIpc) is 3.33. The molecule has 0 radical (unpaired) electrons. The van der Waals surface area contributed by atoms with Crippen LogP contribution in [-0.4, -0.2) is 48.6 Å². The highest BCUT2D eigenvalue weighted by molar-refractivity contribution is 5.83. The number of nitrogens with zero attached hydrogens (tertiary/aromatic N) is 1. The van der Waals surface area contributed by atoms with E-state index in [2.05, 4.69) is 17.4 Å². The third-order valence-corrected chi connectivity index (χ3v) is 5.42. The van der Waals surface area contributed by atoms with Gasteiger partial charge < -0.3 is 15.0 Å². The van der Waals surface area contributed by atoms with E-state index in [4.69, 9.17) is 4.74 Å². The number of ether oxygens (including phenoxy) is 1. The summed E-state index contributed by atoms with van der Waals surface area (Å²) < 4.78 is 5.38. The first-order valence-electron chi connectivity index (χ1n) is 8.95. The molecule has 4 rings (SSSR count). The molecule has 1 N–H and O–H groups in total. The molecule has 2 heterocycles. The van der Waals surface area contributed by atoms with E-state index >= 15 is 0 Å². The Kier molecular flexibility index (Phi) is 4.27. The molecule has 0 unspecified atom stereocenters. The zero-order valence-electron chi connectivity index (χ0n) is 13.8. The Morgan fingerprint density at radius 3 is 2.83 bits per heavy atom. The van der Waals surface area contributed by atoms with Crippen molar-refractivity contribution in [3.63, 3.8) is 0 Å². The summed E-state index contributed by atoms with van der Waals surface area (Å²) >= 11 is 0. The van der Waals surface area contributed by atoms with Gasteiger partial charge in [-0.1, -0.05) is 30.3 Å². The zero-order chi connectivity index (χ0) is 16.5. The van der Waals surface area contributed by atoms with E-state index in [0.717, 1.165) is 25.9 Å². The molecular formula is C19H24N2O3. The standard InChI is InChI=1S/C19H24N2O3/c22-18-9-15(20-19(23)14-7-4-8-24-12-14)11-21(18)17-10-16(17)13-5-2-1-3-6-13/h1-3,5-6,14-17H,4,7-12H2,(H,20,23)/t14-,15+,16-,17+/m0/s1. The molecular weight excluding hydrogens is 304 g/mol. The van der Waals surface area contributed by atoms with E-state index < -0.39 is 0 Å². The van der Waals surface area contributed by atoms with E-state index in [-0.39, 0.29) is 23.8 Å². The fourth-order valence-corrected chi connectivity index (χ4v) is 4.00. The second-order valence-electron chi connectivity index (χ2n) is 7.19. The van der Waals surface area contributed by atoms with Crippen LogP contribution >= 0.6 is 0 Å². The Labute approximate surface area is 142 Å². The van der Waals surface area contributed by atoms with Crippen LogP contribution in [0.25, 0.3) is 0 Å². The molecule has 128 valence electrons. The van der Waals surface area contributed by atoms with Crippen LogP contribution in [0, 0.1) is 5.92 Å². The minimum absolute atomic E-state index is 0.0461. The van der Waals surface area contributed by atoms with E-state index in [1.165, 1.54) is 5.56 Å². The number of carbonyl (C=O) groups is 2. The first-order valence-corrected chi connectivity index (χ1v) is 8.95. The maximum Gasteiger partial charge on any atom is 0.225 e. The second-order valence-corrected chi connectivity index (χ2v) is 7.19. The monoisotopic (exact) mass is 328 g/mol. The number of hydrogen-bond acceptors (Lipinski definition) is 3. The quantitative estimate of drug-likeness (QED) is 0.915. The number of carbonyl (C=O) groups excluding carboxylic acids is 2. The first-order chi connectivity index (χ1) is 11.7. The lowest BCUT2D eigenvalue weighted by Crippen LogP contribution is -2.43. The molecule has 0 aromatic heterocycles. The summed E-state index contributed by atoms with van der Waals surface area (Å²) in [6, 6.07) is 10.6. The van der Waals surface area contributed by atoms with Crippen LogP contribution in [0.3, 0.4) is 0 Å². The molecule has 0 spiro atoms. The Hall–Kier alpha value is -1.88. The molecule has 4 atom stereocenters. The molecule has 1 aromatic carbocycles. The topological polar surface area (TPSA) is 58.6 Å². The maximum absolute atomic E-state index is 12.4. The summed E-state index contributed by atoms with van der Waals surface area (Å²) in [5, 5.41) is 3.06. The molecule has 1 saturated carbocycles. The summed E-state index contributed by atoms with van der Waals surface area (Å²) in [6.45, 7) is 1.91. The Morgan fingerprint density at radius 1 is 1.25 bits per heavy atom. The molecule has 0 bridgehead atoms. The first kappa shape index (κ1) is 15.6. The highest BCUT2D eigenvalue weighted by Crippen LogP contribution is 2.45. The molecule has 3 fully saturated rings. The number of rotatable bonds is 4. The van der Waals surface area contributed by atoms with Crippen molar-refractivity contribution in [1.82, 2.24) is 10.2 Å². The van der Waals surface area contributed by atoms with Crippen molar-refractivity contribution in [3.8, 4) is 0 Å². The van der Waals surface area contributed by atoms with Gasteiger partial charge in [0.1, 0.15) is 0 Å². The molecule has 2 amide bonds.